The molecule has 0 aromatic heterocycles. The fraction of sp³-hybridized carbons (Fsp3) is 0.320. The van der Waals surface area contributed by atoms with Gasteiger partial charge in [0.25, 0.3) is 5.91 Å². The van der Waals surface area contributed by atoms with Crippen molar-refractivity contribution in [1.82, 2.24) is 4.90 Å². The van der Waals surface area contributed by atoms with Gasteiger partial charge in [0.05, 0.1) is 5.56 Å². The highest BCUT2D eigenvalue weighted by Gasteiger charge is 2.31. The Labute approximate surface area is 186 Å². The number of likely N-dealkylation sites (N-methyl/N-ethyl adjacent to an activating group) is 1. The number of hydrogen-bond donors (Lipinski definition) is 0. The van der Waals surface area contributed by atoms with Gasteiger partial charge < -0.3 is 9.64 Å². The van der Waals surface area contributed by atoms with Crippen molar-refractivity contribution in [2.45, 2.75) is 19.0 Å². The summed E-state index contributed by atoms with van der Waals surface area (Å²) in [6, 6.07) is 9.93. The Bertz CT molecular complexity index is 968. The van der Waals surface area contributed by atoms with Gasteiger partial charge in [-0.3, -0.25) is 9.69 Å². The minimum atomic E-state index is -4.42. The maximum absolute atomic E-state index is 12.9. The van der Waals surface area contributed by atoms with Crippen LogP contribution in [0.3, 0.4) is 0 Å². The minimum absolute atomic E-state index is 0.234. The van der Waals surface area contributed by atoms with E-state index in [4.69, 9.17) is 4.74 Å². The van der Waals surface area contributed by atoms with Crippen molar-refractivity contribution < 1.29 is 22.7 Å². The summed E-state index contributed by atoms with van der Waals surface area (Å²) in [6.07, 6.45) is 3.01. The summed E-state index contributed by atoms with van der Waals surface area (Å²) in [6.45, 7) is 6.29. The molecule has 2 aromatic carbocycles. The largest absolute Gasteiger partial charge is 0.490 e. The average molecular weight is 444 g/mol. The van der Waals surface area contributed by atoms with Gasteiger partial charge in [-0.25, -0.2) is 0 Å². The molecule has 0 aliphatic carbocycles. The molecule has 0 saturated carbocycles. The number of anilines is 1. The van der Waals surface area contributed by atoms with Crippen molar-refractivity contribution >= 4 is 11.6 Å². The summed E-state index contributed by atoms with van der Waals surface area (Å²) in [5.74, 6) is 0.414. The predicted molar refractivity (Wildman–Crippen MR) is 120 cm³/mol. The van der Waals surface area contributed by atoms with Crippen molar-refractivity contribution in [3.8, 4) is 5.75 Å². The lowest BCUT2D eigenvalue weighted by atomic mass is 10.00. The highest BCUT2D eigenvalue weighted by molar-refractivity contribution is 6.06. The molecule has 1 heterocycles. The number of fused-ring (bicyclic) bond motifs is 1. The highest BCUT2D eigenvalue weighted by atomic mass is 19.4. The number of halogens is 3. The first kappa shape index (κ1) is 23.6. The van der Waals surface area contributed by atoms with Gasteiger partial charge in [-0.2, -0.15) is 13.2 Å². The maximum atomic E-state index is 12.9. The number of aryl methyl sites for hydroxylation is 1. The van der Waals surface area contributed by atoms with E-state index in [2.05, 4.69) is 11.5 Å². The fourth-order valence-corrected chi connectivity index (χ4v) is 3.59. The van der Waals surface area contributed by atoms with E-state index in [-0.39, 0.29) is 11.5 Å². The first-order valence-electron chi connectivity index (χ1n) is 10.5. The zero-order valence-corrected chi connectivity index (χ0v) is 18.1. The number of ether oxygens (including phenoxy) is 1. The number of hydrogen-bond acceptors (Lipinski definition) is 3. The van der Waals surface area contributed by atoms with E-state index in [1.807, 2.05) is 43.5 Å². The van der Waals surface area contributed by atoms with Crippen LogP contribution in [0.4, 0.5) is 18.9 Å². The van der Waals surface area contributed by atoms with Gasteiger partial charge in [0.15, 0.2) is 0 Å². The minimum Gasteiger partial charge on any atom is -0.490 e. The normalized spacial score (nSPS) is 14.0. The second-order valence-corrected chi connectivity index (χ2v) is 7.72. The molecule has 0 bridgehead atoms. The monoisotopic (exact) mass is 444 g/mol. The summed E-state index contributed by atoms with van der Waals surface area (Å²) >= 11 is 0. The van der Waals surface area contributed by atoms with Crippen molar-refractivity contribution in [2.75, 3.05) is 38.2 Å². The Morgan fingerprint density at radius 1 is 1.16 bits per heavy atom. The molecule has 4 nitrogen and oxygen atoms in total. The Morgan fingerprint density at radius 3 is 2.59 bits per heavy atom. The van der Waals surface area contributed by atoms with E-state index in [0.29, 0.717) is 13.2 Å². The Kier molecular flexibility index (Phi) is 7.75. The molecule has 170 valence electrons. The average Bonchev–Trinajstić information content (AvgIpc) is 2.77. The fourth-order valence-electron chi connectivity index (χ4n) is 3.59. The molecule has 0 radical (unpaired) electrons. The molecular formula is C25H27F3N2O2. The maximum Gasteiger partial charge on any atom is 0.416 e. The van der Waals surface area contributed by atoms with Crippen molar-refractivity contribution in [3.05, 3.63) is 84.0 Å². The van der Waals surface area contributed by atoms with Crippen LogP contribution in [0.2, 0.25) is 0 Å². The number of benzene rings is 2. The third kappa shape index (κ3) is 6.01. The SMILES string of the molecule is C=CCN(C)CC=CCOc1ccc2c(c1)CCCN2C(=O)c1ccc(C(F)(F)F)cc1. The molecule has 7 heteroatoms. The van der Waals surface area contributed by atoms with Gasteiger partial charge in [-0.1, -0.05) is 18.2 Å². The predicted octanol–water partition coefficient (Wildman–Crippen LogP) is 5.35. The van der Waals surface area contributed by atoms with Gasteiger partial charge in [0.2, 0.25) is 0 Å². The molecule has 0 saturated heterocycles. The third-order valence-corrected chi connectivity index (χ3v) is 5.24. The topological polar surface area (TPSA) is 32.8 Å². The smallest absolute Gasteiger partial charge is 0.416 e. The van der Waals surface area contributed by atoms with Gasteiger partial charge in [-0.05, 0) is 67.9 Å². The Balaban J connectivity index is 1.65. The van der Waals surface area contributed by atoms with E-state index in [1.54, 1.807) is 4.90 Å². The van der Waals surface area contributed by atoms with Crippen molar-refractivity contribution in [3.63, 3.8) is 0 Å². The molecule has 1 amide bonds. The number of carbonyl (C=O) groups is 1. The van der Waals surface area contributed by atoms with Gasteiger partial charge in [0, 0.05) is 30.9 Å². The number of alkyl halides is 3. The Morgan fingerprint density at radius 2 is 1.91 bits per heavy atom. The second kappa shape index (κ2) is 10.5. The molecule has 0 atom stereocenters. The lowest BCUT2D eigenvalue weighted by Crippen LogP contribution is -2.35. The molecule has 2 aromatic rings. The van der Waals surface area contributed by atoms with Crippen LogP contribution < -0.4 is 9.64 Å². The van der Waals surface area contributed by atoms with Crippen LogP contribution >= 0.6 is 0 Å². The third-order valence-electron chi connectivity index (χ3n) is 5.24. The van der Waals surface area contributed by atoms with Crippen LogP contribution in [0.15, 0.2) is 67.3 Å². The van der Waals surface area contributed by atoms with Crippen LogP contribution in [-0.4, -0.2) is 44.1 Å². The first-order chi connectivity index (χ1) is 15.3. The number of amides is 1. The molecule has 1 aliphatic heterocycles. The zero-order valence-electron chi connectivity index (χ0n) is 18.1. The van der Waals surface area contributed by atoms with Crippen LogP contribution in [0.25, 0.3) is 0 Å². The molecule has 0 unspecified atom stereocenters. The standard InChI is InChI=1S/C25H27F3N2O2/c1-3-14-29(2)15-4-5-17-32-22-12-13-23-20(18-22)7-6-16-30(23)24(31)19-8-10-21(11-9-19)25(26,27)28/h3-5,8-13,18H,1,6-7,14-17H2,2H3. The van der Waals surface area contributed by atoms with E-state index in [1.165, 1.54) is 12.1 Å². The van der Waals surface area contributed by atoms with Crippen LogP contribution in [0.1, 0.15) is 27.9 Å². The summed E-state index contributed by atoms with van der Waals surface area (Å²) in [5, 5.41) is 0. The summed E-state index contributed by atoms with van der Waals surface area (Å²) < 4.78 is 44.2. The summed E-state index contributed by atoms with van der Waals surface area (Å²) in [5.41, 5.74) is 1.23. The molecule has 1 aliphatic rings. The molecule has 3 rings (SSSR count). The van der Waals surface area contributed by atoms with Crippen LogP contribution in [-0.2, 0) is 12.6 Å². The number of rotatable bonds is 8. The van der Waals surface area contributed by atoms with Gasteiger partial charge >= 0.3 is 6.18 Å². The Hall–Kier alpha value is -3.06. The zero-order chi connectivity index (χ0) is 23.1. The van der Waals surface area contributed by atoms with Crippen LogP contribution in [0, 0.1) is 0 Å². The lowest BCUT2D eigenvalue weighted by molar-refractivity contribution is -0.137. The van der Waals surface area contributed by atoms with E-state index in [9.17, 15) is 18.0 Å². The van der Waals surface area contributed by atoms with E-state index < -0.39 is 11.7 Å². The lowest BCUT2D eigenvalue weighted by Gasteiger charge is -2.30. The summed E-state index contributed by atoms with van der Waals surface area (Å²) in [4.78, 5) is 16.7. The van der Waals surface area contributed by atoms with Crippen LogP contribution in [0.5, 0.6) is 5.75 Å². The number of carbonyl (C=O) groups excluding carboxylic acids is 1. The molecule has 0 N–H and O–H groups in total. The first-order valence-corrected chi connectivity index (χ1v) is 10.5. The van der Waals surface area contributed by atoms with Crippen molar-refractivity contribution in [2.24, 2.45) is 0 Å². The molecular weight excluding hydrogens is 417 g/mol. The summed E-state index contributed by atoms with van der Waals surface area (Å²) in [7, 11) is 2.01. The van der Waals surface area contributed by atoms with Crippen molar-refractivity contribution in [1.29, 1.82) is 0 Å². The quantitative estimate of drug-likeness (QED) is 0.515. The van der Waals surface area contributed by atoms with E-state index >= 15 is 0 Å². The van der Waals surface area contributed by atoms with Gasteiger partial charge in [-0.15, -0.1) is 6.58 Å². The molecule has 32 heavy (non-hydrogen) atoms. The van der Waals surface area contributed by atoms with Gasteiger partial charge in [0.1, 0.15) is 12.4 Å². The van der Waals surface area contributed by atoms with E-state index in [0.717, 1.165) is 55.1 Å². The number of nitrogens with zero attached hydrogens (tertiary/aromatic N) is 2. The molecule has 0 spiro atoms. The molecule has 0 fully saturated rings. The highest BCUT2D eigenvalue weighted by Crippen LogP contribution is 2.33. The second-order valence-electron chi connectivity index (χ2n) is 7.72.